The van der Waals surface area contributed by atoms with E-state index in [2.05, 4.69) is 0 Å². The Labute approximate surface area is 163 Å². The fourth-order valence-corrected chi connectivity index (χ4v) is 2.67. The first-order valence-corrected chi connectivity index (χ1v) is 9.45. The second-order valence-corrected chi connectivity index (χ2v) is 6.48. The van der Waals surface area contributed by atoms with Crippen LogP contribution in [-0.2, 0) is 9.59 Å². The van der Waals surface area contributed by atoms with Gasteiger partial charge in [-0.05, 0) is 37.1 Å². The minimum atomic E-state index is -0.440. The van der Waals surface area contributed by atoms with Crippen LogP contribution in [0, 0.1) is 11.6 Å². The summed E-state index contributed by atoms with van der Waals surface area (Å²) in [4.78, 5) is 23.4. The number of halogens is 2. The second-order valence-electron chi connectivity index (χ2n) is 6.48. The zero-order chi connectivity index (χ0) is 20.2. The standard InChI is InChI=1S/C22H24F2O4/c23-17-9-7-11-19(15-17)27-21(25)13-5-3-1-2-4-6-14-22(26)28-20-12-8-10-18(24)16-20/h7-12,15-16H,1-6,13-14H2. The van der Waals surface area contributed by atoms with E-state index in [1.54, 1.807) is 12.1 Å². The third-order valence-corrected chi connectivity index (χ3v) is 4.07. The lowest BCUT2D eigenvalue weighted by molar-refractivity contribution is -0.135. The Hall–Kier alpha value is -2.76. The molecule has 0 saturated heterocycles. The summed E-state index contributed by atoms with van der Waals surface area (Å²) >= 11 is 0. The highest BCUT2D eigenvalue weighted by atomic mass is 19.1. The number of carbonyl (C=O) groups is 2. The molecule has 0 N–H and O–H groups in total. The lowest BCUT2D eigenvalue weighted by Crippen LogP contribution is -2.08. The van der Waals surface area contributed by atoms with Crippen molar-refractivity contribution in [2.45, 2.75) is 51.4 Å². The maximum Gasteiger partial charge on any atom is 0.311 e. The van der Waals surface area contributed by atoms with Crippen molar-refractivity contribution >= 4 is 11.9 Å². The lowest BCUT2D eigenvalue weighted by atomic mass is 10.1. The summed E-state index contributed by atoms with van der Waals surface area (Å²) in [7, 11) is 0. The Morgan fingerprint density at radius 3 is 1.43 bits per heavy atom. The van der Waals surface area contributed by atoms with Gasteiger partial charge in [0.25, 0.3) is 0 Å². The fraction of sp³-hybridized carbons (Fsp3) is 0.364. The van der Waals surface area contributed by atoms with Crippen LogP contribution in [-0.4, -0.2) is 11.9 Å². The van der Waals surface area contributed by atoms with Crippen LogP contribution >= 0.6 is 0 Å². The summed E-state index contributed by atoms with van der Waals surface area (Å²) in [5.41, 5.74) is 0. The summed E-state index contributed by atoms with van der Waals surface area (Å²) in [6.45, 7) is 0. The summed E-state index contributed by atoms with van der Waals surface area (Å²) in [6.07, 6.45) is 5.65. The predicted molar refractivity (Wildman–Crippen MR) is 101 cm³/mol. The quantitative estimate of drug-likeness (QED) is 0.285. The zero-order valence-electron chi connectivity index (χ0n) is 15.7. The summed E-state index contributed by atoms with van der Waals surface area (Å²) in [6, 6.07) is 11.0. The SMILES string of the molecule is O=C(CCCCCCCCC(=O)Oc1cccc(F)c1)Oc1cccc(F)c1. The number of rotatable bonds is 11. The van der Waals surface area contributed by atoms with Crippen LogP contribution in [0.2, 0.25) is 0 Å². The third-order valence-electron chi connectivity index (χ3n) is 4.07. The molecule has 28 heavy (non-hydrogen) atoms. The number of hydrogen-bond acceptors (Lipinski definition) is 4. The number of unbranched alkanes of at least 4 members (excludes halogenated alkanes) is 5. The number of hydrogen-bond donors (Lipinski definition) is 0. The molecule has 2 rings (SSSR count). The number of esters is 2. The topological polar surface area (TPSA) is 52.6 Å². The zero-order valence-corrected chi connectivity index (χ0v) is 15.7. The molecule has 6 heteroatoms. The Morgan fingerprint density at radius 1 is 0.643 bits per heavy atom. The van der Waals surface area contributed by atoms with E-state index in [4.69, 9.17) is 9.47 Å². The van der Waals surface area contributed by atoms with Crippen LogP contribution < -0.4 is 9.47 Å². The van der Waals surface area contributed by atoms with Crippen molar-refractivity contribution in [2.75, 3.05) is 0 Å². The molecular weight excluding hydrogens is 366 g/mol. The number of ether oxygens (including phenoxy) is 2. The Morgan fingerprint density at radius 2 is 1.04 bits per heavy atom. The first-order chi connectivity index (χ1) is 13.5. The van der Waals surface area contributed by atoms with E-state index < -0.39 is 11.6 Å². The van der Waals surface area contributed by atoms with Crippen molar-refractivity contribution in [1.29, 1.82) is 0 Å². The Balaban J connectivity index is 1.47. The summed E-state index contributed by atoms with van der Waals surface area (Å²) in [5.74, 6) is -1.18. The lowest BCUT2D eigenvalue weighted by Gasteiger charge is -2.05. The normalized spacial score (nSPS) is 10.5. The molecule has 0 unspecified atom stereocenters. The molecule has 2 aromatic rings. The van der Waals surface area contributed by atoms with Crippen molar-refractivity contribution in [2.24, 2.45) is 0 Å². The van der Waals surface area contributed by atoms with Crippen LogP contribution in [0.3, 0.4) is 0 Å². The van der Waals surface area contributed by atoms with E-state index in [9.17, 15) is 18.4 Å². The largest absolute Gasteiger partial charge is 0.426 e. The Kier molecular flexibility index (Phi) is 9.11. The molecule has 0 radical (unpaired) electrons. The van der Waals surface area contributed by atoms with Crippen LogP contribution in [0.25, 0.3) is 0 Å². The highest BCUT2D eigenvalue weighted by Crippen LogP contribution is 2.15. The molecule has 0 aliphatic heterocycles. The van der Waals surface area contributed by atoms with E-state index >= 15 is 0 Å². The molecule has 0 saturated carbocycles. The van der Waals surface area contributed by atoms with Crippen molar-refractivity contribution in [3.63, 3.8) is 0 Å². The monoisotopic (exact) mass is 390 g/mol. The van der Waals surface area contributed by atoms with Gasteiger partial charge in [-0.25, -0.2) is 8.78 Å². The summed E-state index contributed by atoms with van der Waals surface area (Å²) in [5, 5.41) is 0. The highest BCUT2D eigenvalue weighted by molar-refractivity contribution is 5.72. The van der Waals surface area contributed by atoms with Crippen molar-refractivity contribution in [1.82, 2.24) is 0 Å². The van der Waals surface area contributed by atoms with Gasteiger partial charge in [0.05, 0.1) is 0 Å². The van der Waals surface area contributed by atoms with Gasteiger partial charge in [-0.15, -0.1) is 0 Å². The minimum absolute atomic E-state index is 0.218. The molecule has 0 spiro atoms. The van der Waals surface area contributed by atoms with E-state index in [1.165, 1.54) is 36.4 Å². The van der Waals surface area contributed by atoms with Crippen molar-refractivity contribution in [3.8, 4) is 11.5 Å². The molecule has 0 aliphatic carbocycles. The van der Waals surface area contributed by atoms with Crippen LogP contribution in [0.1, 0.15) is 51.4 Å². The molecule has 0 heterocycles. The molecule has 2 aromatic carbocycles. The fourth-order valence-electron chi connectivity index (χ4n) is 2.67. The average Bonchev–Trinajstić information content (AvgIpc) is 2.64. The van der Waals surface area contributed by atoms with Crippen molar-refractivity contribution in [3.05, 3.63) is 60.2 Å². The molecule has 0 aliphatic rings. The van der Waals surface area contributed by atoms with Crippen molar-refractivity contribution < 1.29 is 27.8 Å². The molecule has 0 bridgehead atoms. The first-order valence-electron chi connectivity index (χ1n) is 9.45. The van der Waals surface area contributed by atoms with Gasteiger partial charge in [0.15, 0.2) is 0 Å². The second kappa shape index (κ2) is 11.8. The van der Waals surface area contributed by atoms with E-state index in [1.807, 2.05) is 0 Å². The summed E-state index contributed by atoms with van der Waals surface area (Å²) < 4.78 is 36.2. The van der Waals surface area contributed by atoms with E-state index in [0.29, 0.717) is 12.8 Å². The highest BCUT2D eigenvalue weighted by Gasteiger charge is 2.07. The molecule has 150 valence electrons. The maximum atomic E-state index is 13.0. The first kappa shape index (κ1) is 21.5. The molecule has 0 fully saturated rings. The Bertz CT molecular complexity index is 711. The predicted octanol–water partition coefficient (Wildman–Crippen LogP) is 5.60. The molecular formula is C22H24F2O4. The molecule has 4 nitrogen and oxygen atoms in total. The van der Waals surface area contributed by atoms with Gasteiger partial charge < -0.3 is 9.47 Å². The third kappa shape index (κ3) is 8.75. The van der Waals surface area contributed by atoms with Gasteiger partial charge in [0.2, 0.25) is 0 Å². The van der Waals surface area contributed by atoms with Crippen LogP contribution in [0.15, 0.2) is 48.5 Å². The van der Waals surface area contributed by atoms with Gasteiger partial charge in [-0.1, -0.05) is 37.8 Å². The van der Waals surface area contributed by atoms with Crippen LogP contribution in [0.4, 0.5) is 8.78 Å². The van der Waals surface area contributed by atoms with E-state index in [0.717, 1.165) is 25.7 Å². The van der Waals surface area contributed by atoms with Crippen LogP contribution in [0.5, 0.6) is 11.5 Å². The smallest absolute Gasteiger partial charge is 0.311 e. The van der Waals surface area contributed by atoms with E-state index in [-0.39, 0.29) is 36.3 Å². The molecule has 0 aromatic heterocycles. The number of carbonyl (C=O) groups excluding carboxylic acids is 2. The minimum Gasteiger partial charge on any atom is -0.426 e. The average molecular weight is 390 g/mol. The van der Waals surface area contributed by atoms with Gasteiger partial charge in [-0.3, -0.25) is 9.59 Å². The van der Waals surface area contributed by atoms with Gasteiger partial charge in [0.1, 0.15) is 23.1 Å². The molecule has 0 atom stereocenters. The maximum absolute atomic E-state index is 13.0. The number of benzene rings is 2. The molecule has 0 amide bonds. The van der Waals surface area contributed by atoms with Gasteiger partial charge in [0, 0.05) is 25.0 Å². The van der Waals surface area contributed by atoms with Gasteiger partial charge >= 0.3 is 11.9 Å². The van der Waals surface area contributed by atoms with Gasteiger partial charge in [-0.2, -0.15) is 0 Å².